The van der Waals surface area contributed by atoms with Gasteiger partial charge in [-0.05, 0) is 6.07 Å². The molecule has 0 bridgehead atoms. The molecule has 3 aromatic rings. The van der Waals surface area contributed by atoms with Crippen LogP contribution in [-0.4, -0.2) is 38.1 Å². The number of methoxy groups -OCH3 is 1. The fourth-order valence-corrected chi connectivity index (χ4v) is 3.49. The summed E-state index contributed by atoms with van der Waals surface area (Å²) < 4.78 is 16.5. The molecule has 0 saturated carbocycles. The highest BCUT2D eigenvalue weighted by Crippen LogP contribution is 2.36. The average molecular weight is 401 g/mol. The third-order valence-corrected chi connectivity index (χ3v) is 5.00. The van der Waals surface area contributed by atoms with Gasteiger partial charge >= 0.3 is 5.97 Å². The number of hydrogen-bond acceptors (Lipinski definition) is 5. The summed E-state index contributed by atoms with van der Waals surface area (Å²) in [5.41, 5.74) is 3.83. The van der Waals surface area contributed by atoms with Crippen molar-refractivity contribution in [3.05, 3.63) is 102 Å². The van der Waals surface area contributed by atoms with Crippen LogP contribution in [0.15, 0.2) is 89.9 Å². The number of carbonyl (C=O) groups excluding carboxylic acids is 1. The van der Waals surface area contributed by atoms with Crippen LogP contribution in [0.5, 0.6) is 5.75 Å². The Balaban J connectivity index is 1.79. The van der Waals surface area contributed by atoms with Crippen molar-refractivity contribution in [3.8, 4) is 5.75 Å². The Labute approximate surface area is 175 Å². The van der Waals surface area contributed by atoms with Crippen molar-refractivity contribution in [2.45, 2.75) is 12.1 Å². The number of esters is 1. The van der Waals surface area contributed by atoms with E-state index in [9.17, 15) is 4.79 Å². The van der Waals surface area contributed by atoms with Gasteiger partial charge in [0, 0.05) is 16.7 Å². The summed E-state index contributed by atoms with van der Waals surface area (Å²) in [6.07, 6.45) is -0.415. The highest BCUT2D eigenvalue weighted by Gasteiger charge is 2.32. The van der Waals surface area contributed by atoms with Crippen molar-refractivity contribution in [2.24, 2.45) is 4.99 Å². The summed E-state index contributed by atoms with van der Waals surface area (Å²) in [4.78, 5) is 16.8. The van der Waals surface area contributed by atoms with Gasteiger partial charge in [-0.25, -0.2) is 4.79 Å². The number of aliphatic imine (C=N–C) groups is 1. The molecule has 0 N–H and O–H groups in total. The first-order chi connectivity index (χ1) is 14.8. The van der Waals surface area contributed by atoms with E-state index in [4.69, 9.17) is 19.2 Å². The Bertz CT molecular complexity index is 976. The van der Waals surface area contributed by atoms with Crippen LogP contribution in [0.4, 0.5) is 0 Å². The van der Waals surface area contributed by atoms with Crippen LogP contribution in [-0.2, 0) is 14.3 Å². The van der Waals surface area contributed by atoms with E-state index < -0.39 is 12.1 Å². The Morgan fingerprint density at radius 3 is 2.17 bits per heavy atom. The molecule has 0 aromatic heterocycles. The lowest BCUT2D eigenvalue weighted by Crippen LogP contribution is -2.35. The zero-order valence-corrected chi connectivity index (χ0v) is 16.7. The Morgan fingerprint density at radius 1 is 0.933 bits per heavy atom. The summed E-state index contributed by atoms with van der Waals surface area (Å²) in [6, 6.07) is 27.6. The number of ether oxygens (including phenoxy) is 3. The molecule has 2 atom stereocenters. The van der Waals surface area contributed by atoms with E-state index in [-0.39, 0.29) is 12.6 Å². The molecule has 3 aromatic carbocycles. The maximum absolute atomic E-state index is 11.6. The van der Waals surface area contributed by atoms with Gasteiger partial charge in [0.15, 0.2) is 0 Å². The number of rotatable bonds is 6. The summed E-state index contributed by atoms with van der Waals surface area (Å²) >= 11 is 0. The third-order valence-electron chi connectivity index (χ3n) is 5.00. The van der Waals surface area contributed by atoms with Gasteiger partial charge < -0.3 is 14.2 Å². The molecule has 0 spiro atoms. The van der Waals surface area contributed by atoms with E-state index in [0.717, 1.165) is 28.2 Å². The molecule has 0 amide bonds. The van der Waals surface area contributed by atoms with Gasteiger partial charge in [-0.1, -0.05) is 78.9 Å². The number of benzene rings is 3. The molecule has 1 aliphatic heterocycles. The molecule has 2 unspecified atom stereocenters. The number of hydrogen-bond donors (Lipinski definition) is 0. The van der Waals surface area contributed by atoms with Crippen LogP contribution in [0.3, 0.4) is 0 Å². The molecule has 5 heteroatoms. The van der Waals surface area contributed by atoms with Crippen molar-refractivity contribution in [1.82, 2.24) is 0 Å². The van der Waals surface area contributed by atoms with Crippen LogP contribution in [0.1, 0.15) is 22.7 Å². The predicted molar refractivity (Wildman–Crippen MR) is 115 cm³/mol. The lowest BCUT2D eigenvalue weighted by Gasteiger charge is -2.31. The molecule has 5 nitrogen and oxygen atoms in total. The van der Waals surface area contributed by atoms with E-state index >= 15 is 0 Å². The highest BCUT2D eigenvalue weighted by molar-refractivity contribution is 6.13. The van der Waals surface area contributed by atoms with Gasteiger partial charge in [-0.2, -0.15) is 0 Å². The van der Waals surface area contributed by atoms with Gasteiger partial charge in [0.2, 0.25) is 0 Å². The maximum Gasteiger partial charge on any atom is 0.331 e. The Morgan fingerprint density at radius 2 is 1.53 bits per heavy atom. The van der Waals surface area contributed by atoms with E-state index in [2.05, 4.69) is 0 Å². The van der Waals surface area contributed by atoms with Crippen molar-refractivity contribution >= 4 is 11.7 Å². The summed E-state index contributed by atoms with van der Waals surface area (Å²) in [5, 5.41) is 0. The monoisotopic (exact) mass is 401 g/mol. The van der Waals surface area contributed by atoms with Crippen molar-refractivity contribution < 1.29 is 19.0 Å². The molecule has 0 aliphatic carbocycles. The fraction of sp³-hybridized carbons (Fsp3) is 0.200. The minimum atomic E-state index is -0.428. The van der Waals surface area contributed by atoms with Crippen LogP contribution in [0.2, 0.25) is 0 Å². The smallest absolute Gasteiger partial charge is 0.331 e. The lowest BCUT2D eigenvalue weighted by atomic mass is 9.96. The number of para-hydroxylation sites is 1. The molecule has 0 saturated heterocycles. The van der Waals surface area contributed by atoms with Crippen molar-refractivity contribution in [1.29, 1.82) is 0 Å². The van der Waals surface area contributed by atoms with Gasteiger partial charge in [0.05, 0.1) is 12.8 Å². The van der Waals surface area contributed by atoms with Crippen molar-refractivity contribution in [3.63, 3.8) is 0 Å². The second-order valence-electron chi connectivity index (χ2n) is 6.93. The second kappa shape index (κ2) is 9.37. The van der Waals surface area contributed by atoms with E-state index in [0.29, 0.717) is 6.61 Å². The van der Waals surface area contributed by atoms with E-state index in [1.165, 1.54) is 7.11 Å². The minimum absolute atomic E-state index is 0.148. The van der Waals surface area contributed by atoms with Crippen molar-refractivity contribution in [2.75, 3.05) is 20.3 Å². The molecule has 30 heavy (non-hydrogen) atoms. The number of carbonyl (C=O) groups is 1. The van der Waals surface area contributed by atoms with Gasteiger partial charge in [0.25, 0.3) is 0 Å². The molecule has 1 heterocycles. The third kappa shape index (κ3) is 4.42. The molecule has 1 aliphatic rings. The molecule has 4 rings (SSSR count). The van der Waals surface area contributed by atoms with Crippen LogP contribution >= 0.6 is 0 Å². The topological polar surface area (TPSA) is 57.1 Å². The normalized spacial score (nSPS) is 17.4. The largest absolute Gasteiger partial charge is 0.490 e. The zero-order chi connectivity index (χ0) is 20.8. The number of nitrogens with zero attached hydrogens (tertiary/aromatic N) is 1. The molecule has 0 fully saturated rings. The maximum atomic E-state index is 11.6. The summed E-state index contributed by atoms with van der Waals surface area (Å²) in [7, 11) is 1.34. The first-order valence-corrected chi connectivity index (χ1v) is 9.85. The highest BCUT2D eigenvalue weighted by atomic mass is 16.6. The van der Waals surface area contributed by atoms with Gasteiger partial charge in [-0.3, -0.25) is 4.99 Å². The average Bonchev–Trinajstić information content (AvgIpc) is 2.82. The predicted octanol–water partition coefficient (Wildman–Crippen LogP) is 4.22. The summed E-state index contributed by atoms with van der Waals surface area (Å²) in [6.45, 7) is 0.157. The zero-order valence-electron chi connectivity index (χ0n) is 16.7. The van der Waals surface area contributed by atoms with E-state index in [1.807, 2.05) is 84.9 Å². The minimum Gasteiger partial charge on any atom is -0.490 e. The Kier molecular flexibility index (Phi) is 6.20. The van der Waals surface area contributed by atoms with Crippen LogP contribution in [0.25, 0.3) is 0 Å². The first kappa shape index (κ1) is 19.9. The molecular weight excluding hydrogens is 378 g/mol. The molecule has 152 valence electrons. The second-order valence-corrected chi connectivity index (χ2v) is 6.93. The standard InChI is InChI=1S/C25H23NO4/c1-28-23(27)17-30-22-16-29-21-15-9-8-14-20(21)25(22)26-24(18-10-4-2-5-11-18)19-12-6-3-7-13-19/h2-15,22,25H,16-17H2,1H3. The van der Waals surface area contributed by atoms with Gasteiger partial charge in [-0.15, -0.1) is 0 Å². The SMILES string of the molecule is COC(=O)COC1COc2ccccc2C1N=C(c1ccccc1)c1ccccc1. The van der Waals surface area contributed by atoms with Gasteiger partial charge in [0.1, 0.15) is 31.1 Å². The number of fused-ring (bicyclic) bond motifs is 1. The van der Waals surface area contributed by atoms with E-state index in [1.54, 1.807) is 0 Å². The Hall–Kier alpha value is -3.44. The molecule has 0 radical (unpaired) electrons. The quantitative estimate of drug-likeness (QED) is 0.459. The van der Waals surface area contributed by atoms with Crippen LogP contribution in [0, 0.1) is 0 Å². The lowest BCUT2D eigenvalue weighted by molar-refractivity contribution is -0.149. The first-order valence-electron chi connectivity index (χ1n) is 9.85. The molecular formula is C25H23NO4. The summed E-state index contributed by atoms with van der Waals surface area (Å²) in [5.74, 6) is 0.354. The van der Waals surface area contributed by atoms with Crippen LogP contribution < -0.4 is 4.74 Å². The fourth-order valence-electron chi connectivity index (χ4n) is 3.49.